The zero-order chi connectivity index (χ0) is 20.1. The first-order valence-corrected chi connectivity index (χ1v) is 10.4. The smallest absolute Gasteiger partial charge is 0.343 e. The maximum atomic E-state index is 12.8. The van der Waals surface area contributed by atoms with Crippen LogP contribution in [0.1, 0.15) is 31.7 Å². The number of hydrogen-bond donors (Lipinski definition) is 0. The molecule has 0 radical (unpaired) electrons. The average molecular weight is 408 g/mol. The maximum absolute atomic E-state index is 12.8. The highest BCUT2D eigenvalue weighted by molar-refractivity contribution is 7.99. The van der Waals surface area contributed by atoms with Crippen LogP contribution in [0.3, 0.4) is 0 Å². The molecular formula is C21H23F3N2OS. The number of likely N-dealkylation sites (tertiary alicyclic amines) is 1. The standard InChI is InChI=1S/C21H23F3N2OS/c1-2-20(27)26-11-8-15(9-12-26)14-28-19-7-10-25-13-18(19)16-3-5-17(6-4-16)21(22,23)24/h3-7,10,13,15H,2,8-9,11-12,14H2,1H3. The molecule has 0 N–H and O–H groups in total. The molecule has 2 aromatic rings. The number of piperidine rings is 1. The molecule has 150 valence electrons. The normalized spacial score (nSPS) is 15.6. The number of halogens is 3. The van der Waals surface area contributed by atoms with Crippen molar-refractivity contribution in [1.29, 1.82) is 0 Å². The van der Waals surface area contributed by atoms with Crippen LogP contribution in [-0.4, -0.2) is 34.6 Å². The largest absolute Gasteiger partial charge is 0.416 e. The third-order valence-electron chi connectivity index (χ3n) is 5.05. The van der Waals surface area contributed by atoms with Crippen molar-refractivity contribution in [2.75, 3.05) is 18.8 Å². The second kappa shape index (κ2) is 8.99. The Morgan fingerprint density at radius 1 is 1.18 bits per heavy atom. The van der Waals surface area contributed by atoms with Gasteiger partial charge in [0.15, 0.2) is 0 Å². The zero-order valence-electron chi connectivity index (χ0n) is 15.7. The Hall–Kier alpha value is -2.02. The number of benzene rings is 1. The van der Waals surface area contributed by atoms with Gasteiger partial charge in [-0.15, -0.1) is 11.8 Å². The maximum Gasteiger partial charge on any atom is 0.416 e. The Bertz CT molecular complexity index is 800. The van der Waals surface area contributed by atoms with Crippen molar-refractivity contribution in [1.82, 2.24) is 9.88 Å². The predicted molar refractivity (Wildman–Crippen MR) is 105 cm³/mol. The van der Waals surface area contributed by atoms with E-state index in [1.54, 1.807) is 24.2 Å². The van der Waals surface area contributed by atoms with E-state index in [2.05, 4.69) is 4.98 Å². The number of pyridine rings is 1. The summed E-state index contributed by atoms with van der Waals surface area (Å²) in [6, 6.07) is 7.12. The molecule has 1 fully saturated rings. The number of amides is 1. The Morgan fingerprint density at radius 3 is 2.46 bits per heavy atom. The molecule has 28 heavy (non-hydrogen) atoms. The number of hydrogen-bond acceptors (Lipinski definition) is 3. The second-order valence-corrected chi connectivity index (χ2v) is 8.00. The van der Waals surface area contributed by atoms with Crippen LogP contribution in [0.4, 0.5) is 13.2 Å². The molecule has 0 unspecified atom stereocenters. The second-order valence-electron chi connectivity index (χ2n) is 6.94. The highest BCUT2D eigenvalue weighted by atomic mass is 32.2. The minimum absolute atomic E-state index is 0.213. The molecule has 0 saturated carbocycles. The van der Waals surface area contributed by atoms with Gasteiger partial charge in [0.1, 0.15) is 0 Å². The molecule has 1 aliphatic rings. The van der Waals surface area contributed by atoms with Gasteiger partial charge in [-0.25, -0.2) is 0 Å². The van der Waals surface area contributed by atoms with Gasteiger partial charge in [0.2, 0.25) is 5.91 Å². The van der Waals surface area contributed by atoms with Crippen molar-refractivity contribution in [2.24, 2.45) is 5.92 Å². The lowest BCUT2D eigenvalue weighted by atomic mass is 9.99. The molecule has 1 saturated heterocycles. The van der Waals surface area contributed by atoms with E-state index in [-0.39, 0.29) is 5.91 Å². The Balaban J connectivity index is 1.64. The molecule has 1 aromatic heterocycles. The summed E-state index contributed by atoms with van der Waals surface area (Å²) in [6.45, 7) is 3.50. The van der Waals surface area contributed by atoms with Crippen LogP contribution in [0, 0.1) is 5.92 Å². The van der Waals surface area contributed by atoms with E-state index < -0.39 is 11.7 Å². The fourth-order valence-corrected chi connectivity index (χ4v) is 4.58. The van der Waals surface area contributed by atoms with Crippen LogP contribution in [0.2, 0.25) is 0 Å². The molecule has 1 amide bonds. The van der Waals surface area contributed by atoms with E-state index >= 15 is 0 Å². The number of thioether (sulfide) groups is 1. The van der Waals surface area contributed by atoms with Gasteiger partial charge in [0.25, 0.3) is 0 Å². The van der Waals surface area contributed by atoms with Crippen molar-refractivity contribution < 1.29 is 18.0 Å². The molecule has 7 heteroatoms. The summed E-state index contributed by atoms with van der Waals surface area (Å²) in [5.74, 6) is 1.66. The van der Waals surface area contributed by atoms with E-state index in [4.69, 9.17) is 0 Å². The first kappa shape index (κ1) is 20.7. The van der Waals surface area contributed by atoms with Crippen molar-refractivity contribution in [3.63, 3.8) is 0 Å². The van der Waals surface area contributed by atoms with Gasteiger partial charge >= 0.3 is 6.18 Å². The summed E-state index contributed by atoms with van der Waals surface area (Å²) >= 11 is 1.71. The first-order chi connectivity index (χ1) is 13.4. The number of rotatable bonds is 5. The van der Waals surface area contributed by atoms with Crippen molar-refractivity contribution >= 4 is 17.7 Å². The van der Waals surface area contributed by atoms with Gasteiger partial charge in [0, 0.05) is 48.1 Å². The average Bonchev–Trinajstić information content (AvgIpc) is 2.72. The highest BCUT2D eigenvalue weighted by Crippen LogP contribution is 2.35. The van der Waals surface area contributed by atoms with Crippen LogP contribution in [0.25, 0.3) is 11.1 Å². The molecule has 3 rings (SSSR count). The lowest BCUT2D eigenvalue weighted by molar-refractivity contribution is -0.137. The monoisotopic (exact) mass is 408 g/mol. The summed E-state index contributed by atoms with van der Waals surface area (Å²) in [5.41, 5.74) is 0.925. The van der Waals surface area contributed by atoms with E-state index in [0.717, 1.165) is 59.8 Å². The van der Waals surface area contributed by atoms with Gasteiger partial charge in [-0.2, -0.15) is 13.2 Å². The minimum Gasteiger partial charge on any atom is -0.343 e. The van der Waals surface area contributed by atoms with Crippen LogP contribution >= 0.6 is 11.8 Å². The van der Waals surface area contributed by atoms with Crippen LogP contribution in [0.5, 0.6) is 0 Å². The molecule has 0 spiro atoms. The fourth-order valence-electron chi connectivity index (χ4n) is 3.34. The molecule has 0 aliphatic carbocycles. The van der Waals surface area contributed by atoms with Crippen LogP contribution in [0.15, 0.2) is 47.6 Å². The van der Waals surface area contributed by atoms with E-state index in [1.807, 2.05) is 17.9 Å². The zero-order valence-corrected chi connectivity index (χ0v) is 16.5. The molecule has 0 bridgehead atoms. The van der Waals surface area contributed by atoms with Gasteiger partial charge in [0.05, 0.1) is 5.56 Å². The number of nitrogens with zero attached hydrogens (tertiary/aromatic N) is 2. The van der Waals surface area contributed by atoms with E-state index in [9.17, 15) is 18.0 Å². The molecular weight excluding hydrogens is 385 g/mol. The molecule has 0 atom stereocenters. The quantitative estimate of drug-likeness (QED) is 0.612. The predicted octanol–water partition coefficient (Wildman–Crippen LogP) is 5.51. The molecule has 3 nitrogen and oxygen atoms in total. The highest BCUT2D eigenvalue weighted by Gasteiger charge is 2.30. The third-order valence-corrected chi connectivity index (χ3v) is 6.35. The lowest BCUT2D eigenvalue weighted by Crippen LogP contribution is -2.38. The van der Waals surface area contributed by atoms with Crippen LogP contribution in [-0.2, 0) is 11.0 Å². The fraction of sp³-hybridized carbons (Fsp3) is 0.429. The number of aromatic nitrogens is 1. The van der Waals surface area contributed by atoms with E-state index in [1.165, 1.54) is 12.1 Å². The van der Waals surface area contributed by atoms with Gasteiger partial charge in [-0.05, 0) is 42.5 Å². The minimum atomic E-state index is -4.33. The van der Waals surface area contributed by atoms with Crippen molar-refractivity contribution in [3.8, 4) is 11.1 Å². The SMILES string of the molecule is CCC(=O)N1CCC(CSc2ccncc2-c2ccc(C(F)(F)F)cc2)CC1. The summed E-state index contributed by atoms with van der Waals surface area (Å²) in [6.07, 6.45) is 1.59. The van der Waals surface area contributed by atoms with Crippen molar-refractivity contribution in [2.45, 2.75) is 37.3 Å². The summed E-state index contributed by atoms with van der Waals surface area (Å²) < 4.78 is 38.4. The van der Waals surface area contributed by atoms with Crippen molar-refractivity contribution in [3.05, 3.63) is 48.3 Å². The summed E-state index contributed by atoms with van der Waals surface area (Å²) in [4.78, 5) is 18.9. The number of carbonyl (C=O) groups is 1. The van der Waals surface area contributed by atoms with Crippen LogP contribution < -0.4 is 0 Å². The lowest BCUT2D eigenvalue weighted by Gasteiger charge is -2.31. The van der Waals surface area contributed by atoms with Gasteiger partial charge in [-0.1, -0.05) is 19.1 Å². The van der Waals surface area contributed by atoms with E-state index in [0.29, 0.717) is 12.3 Å². The molecule has 1 aliphatic heterocycles. The Morgan fingerprint density at radius 2 is 1.86 bits per heavy atom. The summed E-state index contributed by atoms with van der Waals surface area (Å²) in [5, 5.41) is 0. The first-order valence-electron chi connectivity index (χ1n) is 9.40. The van der Waals surface area contributed by atoms with Gasteiger partial charge in [-0.3, -0.25) is 9.78 Å². The molecule has 1 aromatic carbocycles. The number of carbonyl (C=O) groups excluding carboxylic acids is 1. The van der Waals surface area contributed by atoms with Gasteiger partial charge < -0.3 is 4.90 Å². The topological polar surface area (TPSA) is 33.2 Å². The Labute approximate surface area is 167 Å². The Kier molecular flexibility index (Phi) is 6.65. The summed E-state index contributed by atoms with van der Waals surface area (Å²) in [7, 11) is 0. The molecule has 2 heterocycles. The number of alkyl halides is 3. The third kappa shape index (κ3) is 5.07.